The van der Waals surface area contributed by atoms with E-state index in [1.807, 2.05) is 0 Å². The van der Waals surface area contributed by atoms with Crippen LogP contribution in [0.1, 0.15) is 19.8 Å². The van der Waals surface area contributed by atoms with Crippen LogP contribution in [0.2, 0.25) is 0 Å². The minimum absolute atomic E-state index is 0.578. The van der Waals surface area contributed by atoms with Crippen molar-refractivity contribution in [1.29, 1.82) is 0 Å². The predicted octanol–water partition coefficient (Wildman–Crippen LogP) is 0.0195. The van der Waals surface area contributed by atoms with Crippen molar-refractivity contribution in [2.24, 2.45) is 4.99 Å². The molecule has 4 nitrogen and oxygen atoms in total. The van der Waals surface area contributed by atoms with E-state index in [9.17, 15) is 0 Å². The van der Waals surface area contributed by atoms with Crippen LogP contribution in [0.25, 0.3) is 0 Å². The molecule has 4 heteroatoms. The van der Waals surface area contributed by atoms with E-state index >= 15 is 0 Å². The van der Waals surface area contributed by atoms with Crippen molar-refractivity contribution in [3.05, 3.63) is 0 Å². The van der Waals surface area contributed by atoms with Crippen molar-refractivity contribution >= 4 is 5.96 Å². The summed E-state index contributed by atoms with van der Waals surface area (Å²) in [5.41, 5.74) is 0. The molecule has 0 spiro atoms. The molecule has 1 atom stereocenters. The third-order valence-electron chi connectivity index (χ3n) is 2.94. The minimum Gasteiger partial charge on any atom is -0.352 e. The molecular weight excluding hydrogens is 176 g/mol. The standard InChI is InChI=1S/C10H20N4/c1-2-14-7-6-12-10(14)13-9-4-3-5-11-8-9/h9,11H,2-8H2,1H3,(H,12,13). The summed E-state index contributed by atoms with van der Waals surface area (Å²) in [6, 6.07) is 0.578. The van der Waals surface area contributed by atoms with Crippen molar-refractivity contribution in [2.45, 2.75) is 25.8 Å². The van der Waals surface area contributed by atoms with Gasteiger partial charge in [0, 0.05) is 25.7 Å². The van der Waals surface area contributed by atoms with Crippen LogP contribution in [0.15, 0.2) is 4.99 Å². The lowest BCUT2D eigenvalue weighted by Crippen LogP contribution is -2.49. The smallest absolute Gasteiger partial charge is 0.194 e. The van der Waals surface area contributed by atoms with E-state index in [-0.39, 0.29) is 0 Å². The van der Waals surface area contributed by atoms with Crippen molar-refractivity contribution in [1.82, 2.24) is 15.5 Å². The molecule has 1 unspecified atom stereocenters. The molecule has 1 fully saturated rings. The molecule has 0 aromatic carbocycles. The average Bonchev–Trinajstić information content (AvgIpc) is 2.67. The van der Waals surface area contributed by atoms with Gasteiger partial charge in [0.15, 0.2) is 5.96 Å². The maximum atomic E-state index is 4.49. The molecule has 0 aromatic heterocycles. The van der Waals surface area contributed by atoms with Gasteiger partial charge in [0.2, 0.25) is 0 Å². The second-order valence-electron chi connectivity index (χ2n) is 3.97. The van der Waals surface area contributed by atoms with E-state index < -0.39 is 0 Å². The van der Waals surface area contributed by atoms with Gasteiger partial charge in [0.05, 0.1) is 6.54 Å². The van der Waals surface area contributed by atoms with Crippen molar-refractivity contribution < 1.29 is 0 Å². The van der Waals surface area contributed by atoms with Crippen LogP contribution in [0.3, 0.4) is 0 Å². The number of piperidine rings is 1. The molecule has 0 radical (unpaired) electrons. The van der Waals surface area contributed by atoms with Gasteiger partial charge < -0.3 is 15.5 Å². The first-order valence-electron chi connectivity index (χ1n) is 5.67. The number of nitrogens with zero attached hydrogens (tertiary/aromatic N) is 2. The molecule has 14 heavy (non-hydrogen) atoms. The molecule has 0 amide bonds. The number of aliphatic imine (C=N–C) groups is 1. The molecule has 0 saturated carbocycles. The molecule has 0 aliphatic carbocycles. The van der Waals surface area contributed by atoms with Crippen LogP contribution in [0.5, 0.6) is 0 Å². The van der Waals surface area contributed by atoms with E-state index in [0.29, 0.717) is 6.04 Å². The summed E-state index contributed by atoms with van der Waals surface area (Å²) in [5, 5.41) is 6.94. The highest BCUT2D eigenvalue weighted by Crippen LogP contribution is 2.05. The molecule has 2 rings (SSSR count). The fourth-order valence-electron chi connectivity index (χ4n) is 2.08. The Bertz CT molecular complexity index is 208. The summed E-state index contributed by atoms with van der Waals surface area (Å²) < 4.78 is 0. The Balaban J connectivity index is 1.83. The Morgan fingerprint density at radius 2 is 2.57 bits per heavy atom. The van der Waals surface area contributed by atoms with E-state index in [1.54, 1.807) is 0 Å². The molecule has 0 bridgehead atoms. The van der Waals surface area contributed by atoms with E-state index in [0.717, 1.165) is 32.1 Å². The number of rotatable bonds is 2. The van der Waals surface area contributed by atoms with Gasteiger partial charge in [-0.15, -0.1) is 0 Å². The third-order valence-corrected chi connectivity index (χ3v) is 2.94. The lowest BCUT2D eigenvalue weighted by atomic mass is 10.1. The topological polar surface area (TPSA) is 39.7 Å². The summed E-state index contributed by atoms with van der Waals surface area (Å²) in [6.07, 6.45) is 2.54. The van der Waals surface area contributed by atoms with Crippen LogP contribution in [0, 0.1) is 0 Å². The second kappa shape index (κ2) is 4.64. The number of hydrogen-bond donors (Lipinski definition) is 2. The summed E-state index contributed by atoms with van der Waals surface area (Å²) in [6.45, 7) is 7.53. The summed E-state index contributed by atoms with van der Waals surface area (Å²) >= 11 is 0. The maximum absolute atomic E-state index is 4.49. The quantitative estimate of drug-likeness (QED) is 0.654. The Labute approximate surface area is 85.8 Å². The average molecular weight is 196 g/mol. The van der Waals surface area contributed by atoms with Crippen molar-refractivity contribution in [3.8, 4) is 0 Å². The normalized spacial score (nSPS) is 27.6. The fraction of sp³-hybridized carbons (Fsp3) is 0.900. The van der Waals surface area contributed by atoms with Crippen LogP contribution >= 0.6 is 0 Å². The zero-order valence-corrected chi connectivity index (χ0v) is 8.92. The lowest BCUT2D eigenvalue weighted by molar-refractivity contribution is 0.402. The number of hydrogen-bond acceptors (Lipinski definition) is 4. The zero-order chi connectivity index (χ0) is 9.80. The number of likely N-dealkylation sites (N-methyl/N-ethyl adjacent to an activating group) is 1. The summed E-state index contributed by atoms with van der Waals surface area (Å²) in [7, 11) is 0. The van der Waals surface area contributed by atoms with E-state index in [1.165, 1.54) is 19.4 Å². The largest absolute Gasteiger partial charge is 0.352 e. The predicted molar refractivity (Wildman–Crippen MR) is 58.6 cm³/mol. The highest BCUT2D eigenvalue weighted by Gasteiger charge is 2.19. The first-order chi connectivity index (χ1) is 6.90. The van der Waals surface area contributed by atoms with Gasteiger partial charge in [-0.1, -0.05) is 0 Å². The van der Waals surface area contributed by atoms with Gasteiger partial charge >= 0.3 is 0 Å². The minimum atomic E-state index is 0.578. The number of guanidine groups is 1. The van der Waals surface area contributed by atoms with Crippen molar-refractivity contribution in [3.63, 3.8) is 0 Å². The van der Waals surface area contributed by atoms with Gasteiger partial charge in [0.1, 0.15) is 0 Å². The molecule has 0 aromatic rings. The molecule has 2 heterocycles. The SMILES string of the molecule is CCN1CCN=C1NC1CCCNC1. The first-order valence-corrected chi connectivity index (χ1v) is 5.67. The molecule has 1 saturated heterocycles. The first kappa shape index (κ1) is 9.77. The van der Waals surface area contributed by atoms with E-state index in [2.05, 4.69) is 27.4 Å². The van der Waals surface area contributed by atoms with Crippen LogP contribution in [-0.2, 0) is 0 Å². The summed E-state index contributed by atoms with van der Waals surface area (Å²) in [5.74, 6) is 1.11. The fourth-order valence-corrected chi connectivity index (χ4v) is 2.08. The van der Waals surface area contributed by atoms with Gasteiger partial charge in [-0.2, -0.15) is 0 Å². The number of nitrogens with one attached hydrogen (secondary N) is 2. The highest BCUT2D eigenvalue weighted by atomic mass is 15.3. The van der Waals surface area contributed by atoms with E-state index in [4.69, 9.17) is 0 Å². The monoisotopic (exact) mass is 196 g/mol. The Morgan fingerprint density at radius 3 is 3.29 bits per heavy atom. The zero-order valence-electron chi connectivity index (χ0n) is 8.92. The summed E-state index contributed by atoms with van der Waals surface area (Å²) in [4.78, 5) is 6.80. The van der Waals surface area contributed by atoms with Gasteiger partial charge in [-0.25, -0.2) is 0 Å². The third kappa shape index (κ3) is 2.18. The second-order valence-corrected chi connectivity index (χ2v) is 3.97. The van der Waals surface area contributed by atoms with Crippen LogP contribution in [0.4, 0.5) is 0 Å². The van der Waals surface area contributed by atoms with Gasteiger partial charge in [-0.3, -0.25) is 4.99 Å². The molecule has 80 valence electrons. The highest BCUT2D eigenvalue weighted by molar-refractivity contribution is 5.81. The Morgan fingerprint density at radius 1 is 1.64 bits per heavy atom. The van der Waals surface area contributed by atoms with Crippen LogP contribution < -0.4 is 10.6 Å². The Hall–Kier alpha value is -0.770. The Kier molecular flexibility index (Phi) is 3.24. The van der Waals surface area contributed by atoms with Crippen LogP contribution in [-0.4, -0.2) is 49.6 Å². The molecule has 2 aliphatic rings. The van der Waals surface area contributed by atoms with Crippen molar-refractivity contribution in [2.75, 3.05) is 32.7 Å². The lowest BCUT2D eigenvalue weighted by Gasteiger charge is -2.28. The molecule has 2 aliphatic heterocycles. The van der Waals surface area contributed by atoms with Gasteiger partial charge in [0.25, 0.3) is 0 Å². The van der Waals surface area contributed by atoms with Gasteiger partial charge in [-0.05, 0) is 26.3 Å². The maximum Gasteiger partial charge on any atom is 0.194 e. The molecule has 2 N–H and O–H groups in total. The molecular formula is C10H20N4.